The lowest BCUT2D eigenvalue weighted by Crippen LogP contribution is -2.25. The van der Waals surface area contributed by atoms with Crippen LogP contribution in [0.15, 0.2) is 54.7 Å². The van der Waals surface area contributed by atoms with Crippen molar-refractivity contribution in [2.75, 3.05) is 16.4 Å². The Morgan fingerprint density at radius 3 is 2.64 bits per heavy atom. The van der Waals surface area contributed by atoms with E-state index < -0.39 is 5.25 Å². The first kappa shape index (κ1) is 20.2. The van der Waals surface area contributed by atoms with E-state index in [2.05, 4.69) is 15.6 Å². The Morgan fingerprint density at radius 1 is 1.14 bits per heavy atom. The minimum atomic E-state index is -0.415. The first-order valence-electron chi connectivity index (χ1n) is 8.75. The molecular weight excluding hydrogens is 394 g/mol. The lowest BCUT2D eigenvalue weighted by atomic mass is 10.2. The van der Waals surface area contributed by atoms with Gasteiger partial charge >= 0.3 is 0 Å². The number of benzene rings is 2. The normalized spacial score (nSPS) is 11.8. The minimum absolute atomic E-state index is 0.150. The summed E-state index contributed by atoms with van der Waals surface area (Å²) in [4.78, 5) is 29.0. The molecule has 0 saturated carbocycles. The third kappa shape index (κ3) is 5.24. The number of carbonyl (C=O) groups excluding carboxylic acids is 2. The average Bonchev–Trinajstić information content (AvgIpc) is 2.67. The van der Waals surface area contributed by atoms with Gasteiger partial charge < -0.3 is 10.6 Å². The number of thioether (sulfide) groups is 1. The summed E-state index contributed by atoms with van der Waals surface area (Å²) in [5.41, 5.74) is 3.10. The van der Waals surface area contributed by atoms with Crippen molar-refractivity contribution in [1.29, 1.82) is 0 Å². The van der Waals surface area contributed by atoms with Crippen LogP contribution in [0, 0.1) is 6.92 Å². The molecule has 144 valence electrons. The van der Waals surface area contributed by atoms with Crippen molar-refractivity contribution < 1.29 is 9.59 Å². The molecule has 0 radical (unpaired) electrons. The summed E-state index contributed by atoms with van der Waals surface area (Å²) < 4.78 is 0. The number of amides is 2. The van der Waals surface area contributed by atoms with E-state index in [1.807, 2.05) is 43.3 Å². The van der Waals surface area contributed by atoms with E-state index in [0.29, 0.717) is 16.2 Å². The van der Waals surface area contributed by atoms with Crippen molar-refractivity contribution in [2.24, 2.45) is 0 Å². The van der Waals surface area contributed by atoms with E-state index in [1.165, 1.54) is 11.8 Å². The van der Waals surface area contributed by atoms with E-state index in [1.54, 1.807) is 25.3 Å². The summed E-state index contributed by atoms with van der Waals surface area (Å²) in [7, 11) is 0. The molecule has 0 aliphatic heterocycles. The lowest BCUT2D eigenvalue weighted by molar-refractivity contribution is -0.115. The Bertz CT molecular complexity index is 1010. The number of aromatic nitrogens is 1. The van der Waals surface area contributed by atoms with Gasteiger partial charge in [0, 0.05) is 22.3 Å². The molecule has 1 atom stereocenters. The van der Waals surface area contributed by atoms with E-state index in [0.717, 1.165) is 16.6 Å². The fraction of sp³-hybridized carbons (Fsp3) is 0.190. The van der Waals surface area contributed by atoms with E-state index >= 15 is 0 Å². The molecule has 0 aliphatic carbocycles. The van der Waals surface area contributed by atoms with Gasteiger partial charge in [-0.2, -0.15) is 0 Å². The molecule has 3 rings (SSSR count). The number of nitrogens with zero attached hydrogens (tertiary/aromatic N) is 1. The highest BCUT2D eigenvalue weighted by atomic mass is 35.5. The van der Waals surface area contributed by atoms with Gasteiger partial charge in [-0.15, -0.1) is 11.8 Å². The van der Waals surface area contributed by atoms with Crippen LogP contribution in [-0.2, 0) is 9.59 Å². The van der Waals surface area contributed by atoms with Gasteiger partial charge in [-0.1, -0.05) is 35.4 Å². The van der Waals surface area contributed by atoms with E-state index in [4.69, 9.17) is 11.6 Å². The summed E-state index contributed by atoms with van der Waals surface area (Å²) in [5.74, 6) is -0.178. The average molecular weight is 414 g/mol. The maximum Gasteiger partial charge on any atom is 0.237 e. The zero-order valence-corrected chi connectivity index (χ0v) is 17.1. The van der Waals surface area contributed by atoms with E-state index in [9.17, 15) is 9.59 Å². The summed E-state index contributed by atoms with van der Waals surface area (Å²) >= 11 is 7.41. The van der Waals surface area contributed by atoms with Gasteiger partial charge in [0.2, 0.25) is 11.8 Å². The molecule has 28 heavy (non-hydrogen) atoms. The molecule has 5 nitrogen and oxygen atoms in total. The number of aryl methyl sites for hydroxylation is 1. The van der Waals surface area contributed by atoms with Gasteiger partial charge in [0.1, 0.15) is 0 Å². The van der Waals surface area contributed by atoms with Crippen LogP contribution in [0.3, 0.4) is 0 Å². The largest absolute Gasteiger partial charge is 0.325 e. The van der Waals surface area contributed by atoms with Crippen LogP contribution in [0.1, 0.15) is 12.5 Å². The highest BCUT2D eigenvalue weighted by Gasteiger charge is 2.17. The molecule has 0 saturated heterocycles. The summed E-state index contributed by atoms with van der Waals surface area (Å²) in [5, 5.41) is 6.65. The molecule has 7 heteroatoms. The van der Waals surface area contributed by atoms with Crippen LogP contribution < -0.4 is 10.6 Å². The van der Waals surface area contributed by atoms with Crippen molar-refractivity contribution >= 4 is 57.5 Å². The monoisotopic (exact) mass is 413 g/mol. The number of nitrogens with one attached hydrogen (secondary N) is 2. The summed E-state index contributed by atoms with van der Waals surface area (Å²) in [6.07, 6.45) is 1.67. The standard InChI is InChI=1S/C21H20ClN3O2S/c1-13-5-7-17(8-6-13)24-19(26)12-28-14(2)21(27)25-18-11-16(22)10-15-4-3-9-23-20(15)18/h3-11,14H,12H2,1-2H3,(H,24,26)(H,25,27). The quantitative estimate of drug-likeness (QED) is 0.603. The third-order valence-electron chi connectivity index (χ3n) is 4.10. The Balaban J connectivity index is 1.58. The van der Waals surface area contributed by atoms with Crippen molar-refractivity contribution in [3.63, 3.8) is 0 Å². The van der Waals surface area contributed by atoms with Gasteiger partial charge in [-0.05, 0) is 44.2 Å². The highest BCUT2D eigenvalue weighted by molar-refractivity contribution is 8.01. The predicted molar refractivity (Wildman–Crippen MR) is 117 cm³/mol. The molecule has 1 unspecified atom stereocenters. The van der Waals surface area contributed by atoms with Crippen molar-refractivity contribution in [1.82, 2.24) is 4.98 Å². The van der Waals surface area contributed by atoms with Crippen molar-refractivity contribution in [3.8, 4) is 0 Å². The second kappa shape index (κ2) is 9.08. The minimum Gasteiger partial charge on any atom is -0.325 e. The number of rotatable bonds is 6. The molecule has 0 fully saturated rings. The van der Waals surface area contributed by atoms with Crippen molar-refractivity contribution in [3.05, 3.63) is 65.3 Å². The number of halogens is 1. The Morgan fingerprint density at radius 2 is 1.89 bits per heavy atom. The summed E-state index contributed by atoms with van der Waals surface area (Å²) in [6, 6.07) is 14.7. The number of fused-ring (bicyclic) bond motifs is 1. The SMILES string of the molecule is Cc1ccc(NC(=O)CSC(C)C(=O)Nc2cc(Cl)cc3cccnc23)cc1. The first-order chi connectivity index (χ1) is 13.4. The van der Waals surface area contributed by atoms with Gasteiger partial charge in [0.25, 0.3) is 0 Å². The van der Waals surface area contributed by atoms with Gasteiger partial charge in [-0.25, -0.2) is 0 Å². The molecule has 2 aromatic carbocycles. The Labute approximate surface area is 172 Å². The van der Waals surface area contributed by atoms with Gasteiger partial charge in [0.05, 0.1) is 22.2 Å². The van der Waals surface area contributed by atoms with E-state index in [-0.39, 0.29) is 17.6 Å². The zero-order valence-electron chi connectivity index (χ0n) is 15.5. The molecule has 2 N–H and O–H groups in total. The van der Waals surface area contributed by atoms with Crippen LogP contribution >= 0.6 is 23.4 Å². The van der Waals surface area contributed by atoms with Crippen LogP contribution in [0.2, 0.25) is 5.02 Å². The van der Waals surface area contributed by atoms with Crippen molar-refractivity contribution in [2.45, 2.75) is 19.1 Å². The van der Waals surface area contributed by atoms with Gasteiger partial charge in [-0.3, -0.25) is 14.6 Å². The fourth-order valence-corrected chi connectivity index (χ4v) is 3.51. The molecule has 1 heterocycles. The Kier molecular flexibility index (Phi) is 6.54. The molecule has 0 aliphatic rings. The maximum absolute atomic E-state index is 12.5. The predicted octanol–water partition coefficient (Wildman–Crippen LogP) is 4.90. The highest BCUT2D eigenvalue weighted by Crippen LogP contribution is 2.27. The second-order valence-corrected chi connectivity index (χ2v) is 8.15. The van der Waals surface area contributed by atoms with Crippen LogP contribution in [0.25, 0.3) is 10.9 Å². The second-order valence-electron chi connectivity index (χ2n) is 6.39. The molecular formula is C21H20ClN3O2S. The fourth-order valence-electron chi connectivity index (χ4n) is 2.60. The Hall–Kier alpha value is -2.57. The smallest absolute Gasteiger partial charge is 0.237 e. The number of anilines is 2. The number of carbonyl (C=O) groups is 2. The summed E-state index contributed by atoms with van der Waals surface area (Å²) in [6.45, 7) is 3.75. The topological polar surface area (TPSA) is 71.1 Å². The third-order valence-corrected chi connectivity index (χ3v) is 5.46. The number of pyridine rings is 1. The zero-order chi connectivity index (χ0) is 20.1. The van der Waals surface area contributed by atoms with Crippen LogP contribution in [-0.4, -0.2) is 27.8 Å². The van der Waals surface area contributed by atoms with Crippen LogP contribution in [0.4, 0.5) is 11.4 Å². The maximum atomic E-state index is 12.5. The number of hydrogen-bond acceptors (Lipinski definition) is 4. The number of hydrogen-bond donors (Lipinski definition) is 2. The lowest BCUT2D eigenvalue weighted by Gasteiger charge is -2.13. The molecule has 0 spiro atoms. The first-order valence-corrected chi connectivity index (χ1v) is 10.2. The molecule has 1 aromatic heterocycles. The molecule has 3 aromatic rings. The van der Waals surface area contributed by atoms with Crippen LogP contribution in [0.5, 0.6) is 0 Å². The molecule has 2 amide bonds. The van der Waals surface area contributed by atoms with Gasteiger partial charge in [0.15, 0.2) is 0 Å². The molecule has 0 bridgehead atoms.